The van der Waals surface area contributed by atoms with Gasteiger partial charge in [0.15, 0.2) is 0 Å². The molecule has 212 valence electrons. The summed E-state index contributed by atoms with van der Waals surface area (Å²) in [6, 6.07) is 15.6. The summed E-state index contributed by atoms with van der Waals surface area (Å²) < 4.78 is 6.62. The highest BCUT2D eigenvalue weighted by molar-refractivity contribution is 5.90. The highest BCUT2D eigenvalue weighted by Gasteiger charge is 2.31. The van der Waals surface area contributed by atoms with E-state index in [1.807, 2.05) is 43.3 Å². The van der Waals surface area contributed by atoms with Crippen LogP contribution in [0.5, 0.6) is 5.75 Å². The molecule has 0 unspecified atom stereocenters. The summed E-state index contributed by atoms with van der Waals surface area (Å²) in [4.78, 5) is 30.1. The van der Waals surface area contributed by atoms with Crippen molar-refractivity contribution in [2.45, 2.75) is 77.1 Å². The van der Waals surface area contributed by atoms with Crippen LogP contribution in [0.2, 0.25) is 0 Å². The summed E-state index contributed by atoms with van der Waals surface area (Å²) in [6.45, 7) is 5.82. The first-order valence-corrected chi connectivity index (χ1v) is 14.3. The van der Waals surface area contributed by atoms with Gasteiger partial charge < -0.3 is 25.4 Å². The molecule has 0 spiro atoms. The molecule has 8 heteroatoms. The van der Waals surface area contributed by atoms with Gasteiger partial charge in [0.2, 0.25) is 5.91 Å². The van der Waals surface area contributed by atoms with Crippen LogP contribution in [-0.4, -0.2) is 71.8 Å². The maximum Gasteiger partial charge on any atom is 0.319 e. The third-order valence-electron chi connectivity index (χ3n) is 7.90. The van der Waals surface area contributed by atoms with Gasteiger partial charge in [0.25, 0.3) is 0 Å². The minimum absolute atomic E-state index is 0.0335. The number of anilines is 1. The van der Waals surface area contributed by atoms with Crippen LogP contribution in [0, 0.1) is 5.92 Å². The van der Waals surface area contributed by atoms with Crippen molar-refractivity contribution in [3.63, 3.8) is 0 Å². The van der Waals surface area contributed by atoms with Gasteiger partial charge in [-0.3, -0.25) is 9.69 Å². The topological polar surface area (TPSA) is 94.1 Å². The summed E-state index contributed by atoms with van der Waals surface area (Å²) >= 11 is 0. The van der Waals surface area contributed by atoms with Gasteiger partial charge in [-0.1, -0.05) is 56.5 Å². The Balaban J connectivity index is 1.53. The average Bonchev–Trinajstić information content (AvgIpc) is 2.97. The fourth-order valence-corrected chi connectivity index (χ4v) is 5.59. The van der Waals surface area contributed by atoms with Gasteiger partial charge >= 0.3 is 6.03 Å². The smallest absolute Gasteiger partial charge is 0.319 e. The molecule has 1 fully saturated rings. The summed E-state index contributed by atoms with van der Waals surface area (Å²) in [7, 11) is 2.08. The summed E-state index contributed by atoms with van der Waals surface area (Å²) in [5.41, 5.74) is 2.59. The Bertz CT molecular complexity index is 1090. The van der Waals surface area contributed by atoms with Crippen molar-refractivity contribution in [2.24, 2.45) is 5.92 Å². The molecule has 39 heavy (non-hydrogen) atoms. The number of nitrogens with one attached hydrogen (secondary N) is 2. The van der Waals surface area contributed by atoms with Crippen LogP contribution in [0.3, 0.4) is 0 Å². The Morgan fingerprint density at radius 3 is 2.62 bits per heavy atom. The number of aliphatic hydroxyl groups is 1. The van der Waals surface area contributed by atoms with Gasteiger partial charge in [-0.2, -0.15) is 0 Å². The van der Waals surface area contributed by atoms with Crippen LogP contribution in [0.25, 0.3) is 0 Å². The molecule has 0 saturated heterocycles. The normalized spacial score (nSPS) is 21.3. The van der Waals surface area contributed by atoms with Crippen LogP contribution in [0.1, 0.15) is 57.1 Å². The number of carbonyl (C=O) groups is 2. The lowest BCUT2D eigenvalue weighted by Gasteiger charge is -2.34. The molecule has 3 amide bonds. The summed E-state index contributed by atoms with van der Waals surface area (Å²) in [5, 5.41) is 15.9. The zero-order valence-electron chi connectivity index (χ0n) is 23.6. The highest BCUT2D eigenvalue weighted by atomic mass is 16.5. The van der Waals surface area contributed by atoms with Crippen molar-refractivity contribution in [1.29, 1.82) is 0 Å². The molecule has 2 aromatic rings. The fourth-order valence-electron chi connectivity index (χ4n) is 5.59. The third-order valence-corrected chi connectivity index (χ3v) is 7.90. The van der Waals surface area contributed by atoms with E-state index in [2.05, 4.69) is 41.6 Å². The Labute approximate surface area is 232 Å². The molecule has 8 nitrogen and oxygen atoms in total. The lowest BCUT2D eigenvalue weighted by atomic mass is 9.96. The van der Waals surface area contributed by atoms with Crippen molar-refractivity contribution in [3.05, 3.63) is 59.7 Å². The zero-order chi connectivity index (χ0) is 27.8. The van der Waals surface area contributed by atoms with Crippen LogP contribution >= 0.6 is 0 Å². The Morgan fingerprint density at radius 1 is 1.15 bits per heavy atom. The van der Waals surface area contributed by atoms with E-state index in [1.54, 1.807) is 4.90 Å². The second-order valence-electron chi connectivity index (χ2n) is 11.3. The van der Waals surface area contributed by atoms with Crippen LogP contribution < -0.4 is 15.4 Å². The first-order valence-electron chi connectivity index (χ1n) is 14.3. The lowest BCUT2D eigenvalue weighted by molar-refractivity contribution is -0.134. The molecular weight excluding hydrogens is 492 g/mol. The number of urea groups is 1. The number of likely N-dealkylation sites (N-methyl/N-ethyl adjacent to an activating group) is 1. The van der Waals surface area contributed by atoms with Crippen LogP contribution in [-0.2, 0) is 17.8 Å². The number of carbonyl (C=O) groups excluding carboxylic acids is 2. The quantitative estimate of drug-likeness (QED) is 0.464. The average molecular weight is 537 g/mol. The van der Waals surface area contributed by atoms with Gasteiger partial charge in [0.05, 0.1) is 19.1 Å². The highest BCUT2D eigenvalue weighted by Crippen LogP contribution is 2.29. The molecule has 4 rings (SSSR count). The number of amides is 3. The van der Waals surface area contributed by atoms with E-state index in [9.17, 15) is 14.7 Å². The van der Waals surface area contributed by atoms with E-state index in [0.717, 1.165) is 37.8 Å². The van der Waals surface area contributed by atoms with E-state index in [-0.39, 0.29) is 49.1 Å². The molecular formula is C31H44N4O4. The Kier molecular flexibility index (Phi) is 10.2. The molecule has 2 aromatic carbocycles. The number of fused-ring (bicyclic) bond motifs is 1. The van der Waals surface area contributed by atoms with Gasteiger partial charge in [-0.05, 0) is 50.6 Å². The van der Waals surface area contributed by atoms with Crippen LogP contribution in [0.4, 0.5) is 10.5 Å². The van der Waals surface area contributed by atoms with Crippen LogP contribution in [0.15, 0.2) is 48.5 Å². The Hall–Kier alpha value is -3.10. The van der Waals surface area contributed by atoms with Gasteiger partial charge in [0.1, 0.15) is 11.9 Å². The largest absolute Gasteiger partial charge is 0.488 e. The van der Waals surface area contributed by atoms with Crippen molar-refractivity contribution in [3.8, 4) is 5.75 Å². The summed E-state index contributed by atoms with van der Waals surface area (Å²) in [5.74, 6) is 0.631. The molecule has 1 saturated carbocycles. The predicted octanol–water partition coefficient (Wildman–Crippen LogP) is 4.42. The molecule has 1 aliphatic heterocycles. The minimum Gasteiger partial charge on any atom is -0.488 e. The van der Waals surface area contributed by atoms with E-state index >= 15 is 0 Å². The predicted molar refractivity (Wildman–Crippen MR) is 154 cm³/mol. The maximum absolute atomic E-state index is 13.4. The number of hydrogen-bond donors (Lipinski definition) is 3. The van der Waals surface area contributed by atoms with E-state index in [1.165, 1.54) is 12.0 Å². The molecule has 1 aliphatic carbocycles. The van der Waals surface area contributed by atoms with Crippen molar-refractivity contribution >= 4 is 17.6 Å². The zero-order valence-corrected chi connectivity index (χ0v) is 23.6. The van der Waals surface area contributed by atoms with E-state index < -0.39 is 0 Å². The molecule has 0 bridgehead atoms. The maximum atomic E-state index is 13.4. The molecule has 0 aromatic heterocycles. The second kappa shape index (κ2) is 13.8. The molecule has 0 radical (unpaired) electrons. The number of nitrogens with zero attached hydrogens (tertiary/aromatic N) is 2. The lowest BCUT2D eigenvalue weighted by Crippen LogP contribution is -2.47. The minimum atomic E-state index is -0.299. The number of rotatable bonds is 8. The monoisotopic (exact) mass is 536 g/mol. The van der Waals surface area contributed by atoms with Gasteiger partial charge in [-0.15, -0.1) is 0 Å². The van der Waals surface area contributed by atoms with Gasteiger partial charge in [-0.25, -0.2) is 4.79 Å². The van der Waals surface area contributed by atoms with Crippen molar-refractivity contribution < 1.29 is 19.4 Å². The fraction of sp³-hybridized carbons (Fsp3) is 0.548. The van der Waals surface area contributed by atoms with E-state index in [4.69, 9.17) is 4.74 Å². The van der Waals surface area contributed by atoms with Gasteiger partial charge in [0, 0.05) is 42.8 Å². The van der Waals surface area contributed by atoms with E-state index in [0.29, 0.717) is 24.5 Å². The first-order chi connectivity index (χ1) is 18.8. The molecule has 1 heterocycles. The molecule has 3 N–H and O–H groups in total. The Morgan fingerprint density at radius 2 is 1.90 bits per heavy atom. The SMILES string of the molecule is C[C@H](CO)N1C[C@H](C)[C@H](CN(C)Cc2ccccc2)Oc2ccc(NC(=O)NC3CCCCC3)cc2CC1=O. The molecule has 3 atom stereocenters. The summed E-state index contributed by atoms with van der Waals surface area (Å²) in [6.07, 6.45) is 5.50. The third kappa shape index (κ3) is 8.19. The number of hydrogen-bond acceptors (Lipinski definition) is 5. The van der Waals surface area contributed by atoms with Crippen molar-refractivity contribution in [1.82, 2.24) is 15.1 Å². The standard InChI is InChI=1S/C31H44N4O4/c1-22-18-35(23(2)21-36)30(37)17-25-16-27(33-31(38)32-26-12-8-5-9-13-26)14-15-28(25)39-29(22)20-34(3)19-24-10-6-4-7-11-24/h4,6-7,10-11,14-16,22-23,26,29,36H,5,8-9,12-13,17-21H2,1-3H3,(H2,32,33,38)/t22-,23+,29-/m0/s1. The van der Waals surface area contributed by atoms with Crippen molar-refractivity contribution in [2.75, 3.05) is 32.1 Å². The number of ether oxygens (including phenoxy) is 1. The molecule has 2 aliphatic rings. The first kappa shape index (κ1) is 28.9. The number of benzene rings is 2. The number of aliphatic hydroxyl groups excluding tert-OH is 1. The second-order valence-corrected chi connectivity index (χ2v) is 11.3.